The molecule has 0 amide bonds. The molecule has 0 aromatic heterocycles. The number of hydrogen-bond acceptors (Lipinski definition) is 2. The lowest BCUT2D eigenvalue weighted by Gasteiger charge is -2.41. The van der Waals surface area contributed by atoms with Crippen LogP contribution in [0.15, 0.2) is 35.9 Å². The van der Waals surface area contributed by atoms with Crippen LogP contribution in [-0.4, -0.2) is 38.5 Å². The lowest BCUT2D eigenvalue weighted by molar-refractivity contribution is 0.118. The van der Waals surface area contributed by atoms with Gasteiger partial charge in [-0.2, -0.15) is 0 Å². The van der Waals surface area contributed by atoms with Gasteiger partial charge in [-0.15, -0.1) is 0 Å². The van der Waals surface area contributed by atoms with E-state index in [1.807, 2.05) is 0 Å². The first-order valence-corrected chi connectivity index (χ1v) is 12.4. The number of fused-ring (bicyclic) bond motifs is 1. The lowest BCUT2D eigenvalue weighted by atomic mass is 9.94. The van der Waals surface area contributed by atoms with E-state index in [2.05, 4.69) is 62.1 Å². The zero-order valence-corrected chi connectivity index (χ0v) is 16.6. The third kappa shape index (κ3) is 3.84. The van der Waals surface area contributed by atoms with Crippen LogP contribution >= 0.6 is 0 Å². The normalized spacial score (nSPS) is 26.7. The van der Waals surface area contributed by atoms with Crippen LogP contribution in [0.2, 0.25) is 18.1 Å². The molecule has 3 rings (SSSR count). The van der Waals surface area contributed by atoms with Gasteiger partial charge in [0.25, 0.3) is 0 Å². The third-order valence-corrected chi connectivity index (χ3v) is 10.9. The van der Waals surface area contributed by atoms with Crippen LogP contribution in [-0.2, 0) is 4.43 Å². The number of piperidine rings is 1. The summed E-state index contributed by atoms with van der Waals surface area (Å²) in [7, 11) is -1.57. The molecule has 0 saturated carbocycles. The van der Waals surface area contributed by atoms with Crippen LogP contribution < -0.4 is 0 Å². The van der Waals surface area contributed by atoms with Crippen LogP contribution in [0.5, 0.6) is 0 Å². The summed E-state index contributed by atoms with van der Waals surface area (Å²) in [5.74, 6) is 0. The fraction of sp³-hybridized carbons (Fsp3) is 0.619. The van der Waals surface area contributed by atoms with Crippen molar-refractivity contribution in [3.05, 3.63) is 41.5 Å². The quantitative estimate of drug-likeness (QED) is 0.647. The third-order valence-electron chi connectivity index (χ3n) is 6.26. The summed E-state index contributed by atoms with van der Waals surface area (Å²) >= 11 is 0. The average Bonchev–Trinajstić information content (AvgIpc) is 3.08. The highest BCUT2D eigenvalue weighted by Gasteiger charge is 2.39. The van der Waals surface area contributed by atoms with Crippen molar-refractivity contribution < 1.29 is 4.43 Å². The first kappa shape index (κ1) is 17.9. The summed E-state index contributed by atoms with van der Waals surface area (Å²) in [5, 5.41) is 0. The largest absolute Gasteiger partial charge is 0.410 e. The Morgan fingerprint density at radius 2 is 1.83 bits per heavy atom. The molecule has 24 heavy (non-hydrogen) atoms. The summed E-state index contributed by atoms with van der Waals surface area (Å²) in [6.45, 7) is 9.38. The monoisotopic (exact) mass is 343 g/mol. The summed E-state index contributed by atoms with van der Waals surface area (Å²) in [6.07, 6.45) is 6.66. The molecule has 2 heterocycles. The molecular formula is C21H33NOSi. The van der Waals surface area contributed by atoms with Gasteiger partial charge in [0.1, 0.15) is 0 Å². The van der Waals surface area contributed by atoms with Crippen molar-refractivity contribution in [2.24, 2.45) is 0 Å². The smallest absolute Gasteiger partial charge is 0.192 e. The Morgan fingerprint density at radius 3 is 2.50 bits per heavy atom. The van der Waals surface area contributed by atoms with Gasteiger partial charge < -0.3 is 4.43 Å². The molecule has 0 N–H and O–H groups in total. The molecule has 0 radical (unpaired) electrons. The predicted octanol–water partition coefficient (Wildman–Crippen LogP) is 5.33. The topological polar surface area (TPSA) is 12.5 Å². The summed E-state index contributed by atoms with van der Waals surface area (Å²) < 4.78 is 6.96. The van der Waals surface area contributed by atoms with Crippen LogP contribution in [0.4, 0.5) is 0 Å². The first-order chi connectivity index (χ1) is 11.7. The van der Waals surface area contributed by atoms with E-state index >= 15 is 0 Å². The molecule has 3 heteroatoms. The highest BCUT2D eigenvalue weighted by molar-refractivity contribution is 6.73. The molecule has 132 valence electrons. The van der Waals surface area contributed by atoms with E-state index < -0.39 is 8.32 Å². The summed E-state index contributed by atoms with van der Waals surface area (Å²) in [6, 6.07) is 15.3. The second kappa shape index (κ2) is 7.98. The Balaban J connectivity index is 1.86. The Bertz CT molecular complexity index is 544. The molecule has 0 unspecified atom stereocenters. The standard InChI is InChI=1S/C21H33NOSi/c1-4-24(5-2,6-3)23-21-16-20-13-10-14-22(20)17-19(21)15-18-11-8-7-9-12-18/h7-9,11-12,15,20-21H,4-6,10,13-14,16-17H2,1-3H3/b19-15+/t20-,21-/m0/s1. The number of nitrogens with zero attached hydrogens (tertiary/aromatic N) is 1. The predicted molar refractivity (Wildman–Crippen MR) is 106 cm³/mol. The average molecular weight is 344 g/mol. The number of hydrogen-bond donors (Lipinski definition) is 0. The summed E-state index contributed by atoms with van der Waals surface area (Å²) in [5.41, 5.74) is 2.82. The molecule has 0 spiro atoms. The van der Waals surface area contributed by atoms with E-state index in [9.17, 15) is 0 Å². The molecule has 1 aromatic carbocycles. The molecule has 2 aliphatic heterocycles. The molecule has 2 fully saturated rings. The maximum absolute atomic E-state index is 6.96. The van der Waals surface area contributed by atoms with E-state index in [-0.39, 0.29) is 0 Å². The number of benzene rings is 1. The van der Waals surface area contributed by atoms with Crippen molar-refractivity contribution in [3.63, 3.8) is 0 Å². The minimum absolute atomic E-state index is 0.344. The Kier molecular flexibility index (Phi) is 5.96. The minimum Gasteiger partial charge on any atom is -0.410 e. The van der Waals surface area contributed by atoms with Crippen molar-refractivity contribution in [3.8, 4) is 0 Å². The van der Waals surface area contributed by atoms with E-state index in [4.69, 9.17) is 4.43 Å². The fourth-order valence-corrected chi connectivity index (χ4v) is 7.28. The van der Waals surface area contributed by atoms with E-state index in [1.54, 1.807) is 0 Å². The maximum atomic E-state index is 6.96. The van der Waals surface area contributed by atoms with Crippen molar-refractivity contribution in [1.82, 2.24) is 4.90 Å². The zero-order valence-electron chi connectivity index (χ0n) is 15.6. The molecule has 2 atom stereocenters. The highest BCUT2D eigenvalue weighted by atomic mass is 28.4. The van der Waals surface area contributed by atoms with Crippen molar-refractivity contribution in [2.75, 3.05) is 13.1 Å². The SMILES string of the molecule is CC[Si](CC)(CC)O[C@H]1C[C@@H]2CCCN2C/C1=C\c1ccccc1. The first-order valence-electron chi connectivity index (χ1n) is 9.87. The van der Waals surface area contributed by atoms with E-state index in [0.717, 1.165) is 12.6 Å². The van der Waals surface area contributed by atoms with Gasteiger partial charge in [-0.3, -0.25) is 4.90 Å². The van der Waals surface area contributed by atoms with Gasteiger partial charge in [-0.05, 0) is 55.1 Å². The molecular weight excluding hydrogens is 310 g/mol. The fourth-order valence-electron chi connectivity index (χ4n) is 4.43. The van der Waals surface area contributed by atoms with Gasteiger partial charge >= 0.3 is 0 Å². The Hall–Kier alpha value is -0.903. The van der Waals surface area contributed by atoms with Crippen LogP contribution in [0, 0.1) is 0 Å². The number of rotatable bonds is 6. The second-order valence-electron chi connectivity index (χ2n) is 7.48. The molecule has 1 aromatic rings. The molecule has 2 saturated heterocycles. The molecule has 2 aliphatic rings. The van der Waals surface area contributed by atoms with Crippen LogP contribution in [0.25, 0.3) is 6.08 Å². The zero-order chi connectivity index (χ0) is 17.0. The van der Waals surface area contributed by atoms with E-state index in [1.165, 1.54) is 55.1 Å². The van der Waals surface area contributed by atoms with Crippen molar-refractivity contribution in [2.45, 2.75) is 70.3 Å². The van der Waals surface area contributed by atoms with E-state index in [0.29, 0.717) is 6.10 Å². The molecule has 2 nitrogen and oxygen atoms in total. The minimum atomic E-state index is -1.57. The van der Waals surface area contributed by atoms with Gasteiger partial charge in [0.15, 0.2) is 8.32 Å². The van der Waals surface area contributed by atoms with Gasteiger partial charge in [0.05, 0.1) is 6.10 Å². The summed E-state index contributed by atoms with van der Waals surface area (Å²) in [4.78, 5) is 2.68. The Labute approximate surface area is 149 Å². The lowest BCUT2D eigenvalue weighted by Crippen LogP contribution is -2.48. The van der Waals surface area contributed by atoms with Crippen LogP contribution in [0.3, 0.4) is 0 Å². The second-order valence-corrected chi connectivity index (χ2v) is 12.2. The van der Waals surface area contributed by atoms with Gasteiger partial charge in [-0.1, -0.05) is 57.2 Å². The molecule has 0 bridgehead atoms. The van der Waals surface area contributed by atoms with Gasteiger partial charge in [-0.25, -0.2) is 0 Å². The van der Waals surface area contributed by atoms with Crippen molar-refractivity contribution in [1.29, 1.82) is 0 Å². The maximum Gasteiger partial charge on any atom is 0.192 e. The van der Waals surface area contributed by atoms with Gasteiger partial charge in [0, 0.05) is 12.6 Å². The molecule has 0 aliphatic carbocycles. The van der Waals surface area contributed by atoms with Gasteiger partial charge in [0.2, 0.25) is 0 Å². The Morgan fingerprint density at radius 1 is 1.12 bits per heavy atom. The highest BCUT2D eigenvalue weighted by Crippen LogP contribution is 2.35. The van der Waals surface area contributed by atoms with Crippen molar-refractivity contribution >= 4 is 14.4 Å². The van der Waals surface area contributed by atoms with Crippen LogP contribution in [0.1, 0.15) is 45.6 Å².